The average molecular weight is 232 g/mol. The summed E-state index contributed by atoms with van der Waals surface area (Å²) in [6.07, 6.45) is 1.24. The molecule has 0 fully saturated rings. The molecule has 0 heterocycles. The molecule has 5 heteroatoms. The van der Waals surface area contributed by atoms with Crippen LogP contribution in [0.3, 0.4) is 0 Å². The van der Waals surface area contributed by atoms with Gasteiger partial charge in [0.15, 0.2) is 0 Å². The van der Waals surface area contributed by atoms with Gasteiger partial charge >= 0.3 is 11.9 Å². The van der Waals surface area contributed by atoms with Crippen LogP contribution in [0.1, 0.15) is 39.0 Å². The maximum atomic E-state index is 11.1. The average Bonchev–Trinajstić information content (AvgIpc) is 2.26. The number of unbranched alkanes of at least 4 members (excludes halogenated alkanes) is 1. The molecular formula is C11H20O5. The van der Waals surface area contributed by atoms with Gasteiger partial charge in [0.25, 0.3) is 0 Å². The van der Waals surface area contributed by atoms with E-state index in [9.17, 15) is 14.7 Å². The highest BCUT2D eigenvalue weighted by atomic mass is 16.5. The van der Waals surface area contributed by atoms with Crippen LogP contribution < -0.4 is 0 Å². The van der Waals surface area contributed by atoms with E-state index in [2.05, 4.69) is 4.74 Å². The van der Waals surface area contributed by atoms with Crippen LogP contribution in [-0.2, 0) is 19.1 Å². The lowest BCUT2D eigenvalue weighted by Crippen LogP contribution is -2.17. The summed E-state index contributed by atoms with van der Waals surface area (Å²) in [5, 5.41) is 9.36. The standard InChI is InChI=1S/C11H20O5/c1-3-4-7-16-10(13)6-5-9(12)8-11(14)15-2/h9,12H,3-8H2,1-2H3/t9-/m0/s1. The Labute approximate surface area is 95.7 Å². The van der Waals surface area contributed by atoms with Crippen molar-refractivity contribution in [2.75, 3.05) is 13.7 Å². The van der Waals surface area contributed by atoms with Gasteiger partial charge in [0.2, 0.25) is 0 Å². The minimum atomic E-state index is -0.842. The maximum Gasteiger partial charge on any atom is 0.308 e. The van der Waals surface area contributed by atoms with E-state index < -0.39 is 12.1 Å². The van der Waals surface area contributed by atoms with Crippen molar-refractivity contribution in [1.82, 2.24) is 0 Å². The summed E-state index contributed by atoms with van der Waals surface area (Å²) < 4.78 is 9.29. The third kappa shape index (κ3) is 8.23. The Morgan fingerprint density at radius 3 is 2.56 bits per heavy atom. The number of hydrogen-bond acceptors (Lipinski definition) is 5. The van der Waals surface area contributed by atoms with Gasteiger partial charge in [0, 0.05) is 6.42 Å². The zero-order valence-electron chi connectivity index (χ0n) is 9.90. The lowest BCUT2D eigenvalue weighted by atomic mass is 10.1. The Kier molecular flexibility index (Phi) is 8.52. The summed E-state index contributed by atoms with van der Waals surface area (Å²) in [5.74, 6) is -0.816. The third-order valence-corrected chi connectivity index (χ3v) is 2.07. The van der Waals surface area contributed by atoms with Crippen molar-refractivity contribution in [2.24, 2.45) is 0 Å². The second-order valence-corrected chi connectivity index (χ2v) is 3.55. The Bertz CT molecular complexity index is 214. The molecule has 0 spiro atoms. The highest BCUT2D eigenvalue weighted by Crippen LogP contribution is 2.04. The van der Waals surface area contributed by atoms with Crippen molar-refractivity contribution in [3.05, 3.63) is 0 Å². The first kappa shape index (κ1) is 14.9. The molecule has 0 aliphatic rings. The smallest absolute Gasteiger partial charge is 0.308 e. The minimum Gasteiger partial charge on any atom is -0.469 e. The lowest BCUT2D eigenvalue weighted by Gasteiger charge is -2.08. The molecule has 0 aromatic rings. The maximum absolute atomic E-state index is 11.1. The second kappa shape index (κ2) is 9.15. The largest absolute Gasteiger partial charge is 0.469 e. The summed E-state index contributed by atoms with van der Waals surface area (Å²) in [6.45, 7) is 2.43. The molecule has 0 aliphatic carbocycles. The van der Waals surface area contributed by atoms with Crippen LogP contribution in [-0.4, -0.2) is 36.9 Å². The summed E-state index contributed by atoms with van der Waals surface area (Å²) in [7, 11) is 1.26. The summed E-state index contributed by atoms with van der Waals surface area (Å²) in [5.41, 5.74) is 0. The van der Waals surface area contributed by atoms with Crippen LogP contribution in [0.5, 0.6) is 0 Å². The van der Waals surface area contributed by atoms with E-state index in [-0.39, 0.29) is 25.2 Å². The van der Waals surface area contributed by atoms with E-state index in [1.54, 1.807) is 0 Å². The number of carbonyl (C=O) groups excluding carboxylic acids is 2. The molecule has 0 rings (SSSR count). The molecule has 0 saturated heterocycles. The molecule has 0 unspecified atom stereocenters. The molecule has 0 saturated carbocycles. The minimum absolute atomic E-state index is 0.0846. The zero-order chi connectivity index (χ0) is 12.4. The van der Waals surface area contributed by atoms with Crippen molar-refractivity contribution < 1.29 is 24.2 Å². The number of carbonyl (C=O) groups is 2. The quantitative estimate of drug-likeness (QED) is 0.500. The topological polar surface area (TPSA) is 72.8 Å². The molecule has 0 aromatic heterocycles. The number of rotatable bonds is 8. The van der Waals surface area contributed by atoms with Gasteiger partial charge in [-0.25, -0.2) is 0 Å². The lowest BCUT2D eigenvalue weighted by molar-refractivity contribution is -0.146. The summed E-state index contributed by atoms with van der Waals surface area (Å²) >= 11 is 0. The molecule has 0 aliphatic heterocycles. The number of aliphatic hydroxyl groups is 1. The van der Waals surface area contributed by atoms with Crippen molar-refractivity contribution >= 4 is 11.9 Å². The van der Waals surface area contributed by atoms with E-state index in [1.165, 1.54) is 7.11 Å². The van der Waals surface area contributed by atoms with Crippen LogP contribution in [0, 0.1) is 0 Å². The molecule has 0 bridgehead atoms. The van der Waals surface area contributed by atoms with E-state index in [4.69, 9.17) is 4.74 Å². The molecule has 0 radical (unpaired) electrons. The molecule has 5 nitrogen and oxygen atoms in total. The van der Waals surface area contributed by atoms with Crippen LogP contribution in [0.2, 0.25) is 0 Å². The summed E-state index contributed by atoms with van der Waals surface area (Å²) in [4.78, 5) is 21.9. The number of ether oxygens (including phenoxy) is 2. The highest BCUT2D eigenvalue weighted by Gasteiger charge is 2.13. The SMILES string of the molecule is CCCCOC(=O)CC[C@H](O)CC(=O)OC. The highest BCUT2D eigenvalue weighted by molar-refractivity contribution is 5.71. The first-order valence-corrected chi connectivity index (χ1v) is 5.50. The molecule has 1 atom stereocenters. The fourth-order valence-corrected chi connectivity index (χ4v) is 1.06. The first-order valence-electron chi connectivity index (χ1n) is 5.50. The number of esters is 2. The summed E-state index contributed by atoms with van der Waals surface area (Å²) in [6, 6.07) is 0. The Balaban J connectivity index is 3.54. The Morgan fingerprint density at radius 2 is 2.00 bits per heavy atom. The number of aliphatic hydroxyl groups excluding tert-OH is 1. The van der Waals surface area contributed by atoms with E-state index in [1.807, 2.05) is 6.92 Å². The van der Waals surface area contributed by atoms with Crippen molar-refractivity contribution in [2.45, 2.75) is 45.1 Å². The van der Waals surface area contributed by atoms with Gasteiger partial charge in [-0.05, 0) is 12.8 Å². The number of hydrogen-bond donors (Lipinski definition) is 1. The predicted octanol–water partition coefficient (Wildman–Crippen LogP) is 1.03. The van der Waals surface area contributed by atoms with Gasteiger partial charge in [0.1, 0.15) is 0 Å². The predicted molar refractivity (Wildman–Crippen MR) is 57.7 cm³/mol. The molecule has 1 N–H and O–H groups in total. The fourth-order valence-electron chi connectivity index (χ4n) is 1.06. The number of methoxy groups -OCH3 is 1. The van der Waals surface area contributed by atoms with Crippen molar-refractivity contribution in [3.63, 3.8) is 0 Å². The van der Waals surface area contributed by atoms with Gasteiger partial charge in [-0.15, -0.1) is 0 Å². The molecule has 16 heavy (non-hydrogen) atoms. The van der Waals surface area contributed by atoms with Crippen LogP contribution >= 0.6 is 0 Å². The monoisotopic (exact) mass is 232 g/mol. The zero-order valence-corrected chi connectivity index (χ0v) is 9.90. The van der Waals surface area contributed by atoms with E-state index >= 15 is 0 Å². The van der Waals surface area contributed by atoms with Crippen molar-refractivity contribution in [1.29, 1.82) is 0 Å². The van der Waals surface area contributed by atoms with Gasteiger partial charge in [0.05, 0.1) is 26.2 Å². The second-order valence-electron chi connectivity index (χ2n) is 3.55. The van der Waals surface area contributed by atoms with Gasteiger partial charge < -0.3 is 14.6 Å². The van der Waals surface area contributed by atoms with E-state index in [0.29, 0.717) is 6.61 Å². The van der Waals surface area contributed by atoms with Gasteiger partial charge in [-0.3, -0.25) is 9.59 Å². The Morgan fingerprint density at radius 1 is 1.31 bits per heavy atom. The fraction of sp³-hybridized carbons (Fsp3) is 0.818. The van der Waals surface area contributed by atoms with Gasteiger partial charge in [-0.2, -0.15) is 0 Å². The van der Waals surface area contributed by atoms with Crippen LogP contribution in [0.4, 0.5) is 0 Å². The third-order valence-electron chi connectivity index (χ3n) is 2.07. The molecule has 0 aromatic carbocycles. The van der Waals surface area contributed by atoms with Gasteiger partial charge in [-0.1, -0.05) is 13.3 Å². The molecule has 0 amide bonds. The van der Waals surface area contributed by atoms with Crippen molar-refractivity contribution in [3.8, 4) is 0 Å². The van der Waals surface area contributed by atoms with Crippen LogP contribution in [0.15, 0.2) is 0 Å². The van der Waals surface area contributed by atoms with Crippen LogP contribution in [0.25, 0.3) is 0 Å². The first-order chi connectivity index (χ1) is 7.60. The van der Waals surface area contributed by atoms with E-state index in [0.717, 1.165) is 12.8 Å². The normalized spacial score (nSPS) is 11.9. The molecule has 94 valence electrons. The Hall–Kier alpha value is -1.10. The molecular weight excluding hydrogens is 212 g/mol.